The lowest BCUT2D eigenvalue weighted by Crippen LogP contribution is -2.52. The van der Waals surface area contributed by atoms with Crippen molar-refractivity contribution in [1.82, 2.24) is 10.6 Å². The van der Waals surface area contributed by atoms with Gasteiger partial charge in [0.15, 0.2) is 0 Å². The van der Waals surface area contributed by atoms with Gasteiger partial charge in [-0.1, -0.05) is 75.7 Å². The molecule has 0 radical (unpaired) electrons. The van der Waals surface area contributed by atoms with Crippen LogP contribution in [0, 0.1) is 11.3 Å². The molecule has 2 amide bonds. The molecule has 0 bridgehead atoms. The monoisotopic (exact) mass is 478 g/mol. The highest BCUT2D eigenvalue weighted by atomic mass is 16.5. The van der Waals surface area contributed by atoms with Crippen molar-refractivity contribution in [3.8, 4) is 11.1 Å². The van der Waals surface area contributed by atoms with Gasteiger partial charge in [0.1, 0.15) is 12.6 Å². The standard InChI is InChI=1S/C28H34N2O5/c1-28(2,3)24(26(32)33)30-25(31)17-9-8-10-18(15-17)29-27(34)35-16-23-21-13-6-4-11-19(21)20-12-5-7-14-22(20)23/h4-7,11-14,17-18,23-24H,8-10,15-16H2,1-3H3,(H,29,34)(H,30,31)(H,32,33)/t17-,18+,24?/m1/s1. The summed E-state index contributed by atoms with van der Waals surface area (Å²) in [5.41, 5.74) is 4.06. The van der Waals surface area contributed by atoms with E-state index in [1.54, 1.807) is 20.8 Å². The summed E-state index contributed by atoms with van der Waals surface area (Å²) in [5, 5.41) is 15.1. The Morgan fingerprint density at radius 1 is 1.00 bits per heavy atom. The predicted molar refractivity (Wildman–Crippen MR) is 133 cm³/mol. The van der Waals surface area contributed by atoms with Crippen molar-refractivity contribution in [3.05, 3.63) is 59.7 Å². The van der Waals surface area contributed by atoms with E-state index in [2.05, 4.69) is 34.9 Å². The van der Waals surface area contributed by atoms with Crippen LogP contribution in [-0.2, 0) is 14.3 Å². The highest BCUT2D eigenvalue weighted by Crippen LogP contribution is 2.44. The Hall–Kier alpha value is -3.35. The number of carboxylic acid groups (broad SMARTS) is 1. The maximum absolute atomic E-state index is 12.8. The molecule has 4 rings (SSSR count). The summed E-state index contributed by atoms with van der Waals surface area (Å²) >= 11 is 0. The fourth-order valence-electron chi connectivity index (χ4n) is 5.27. The van der Waals surface area contributed by atoms with Crippen LogP contribution in [0.2, 0.25) is 0 Å². The van der Waals surface area contributed by atoms with Crippen LogP contribution < -0.4 is 10.6 Å². The van der Waals surface area contributed by atoms with E-state index in [-0.39, 0.29) is 30.4 Å². The molecule has 3 atom stereocenters. The van der Waals surface area contributed by atoms with Gasteiger partial charge >= 0.3 is 12.1 Å². The van der Waals surface area contributed by atoms with Gasteiger partial charge in [0, 0.05) is 17.9 Å². The zero-order chi connectivity index (χ0) is 25.2. The van der Waals surface area contributed by atoms with E-state index in [9.17, 15) is 19.5 Å². The number of alkyl carbamates (subject to hydrolysis) is 1. The number of hydrogen-bond donors (Lipinski definition) is 3. The number of carbonyl (C=O) groups excluding carboxylic acids is 2. The van der Waals surface area contributed by atoms with Crippen LogP contribution in [0.5, 0.6) is 0 Å². The molecule has 1 unspecified atom stereocenters. The van der Waals surface area contributed by atoms with Crippen LogP contribution in [0.25, 0.3) is 11.1 Å². The number of carboxylic acids is 1. The maximum Gasteiger partial charge on any atom is 0.407 e. The van der Waals surface area contributed by atoms with Gasteiger partial charge in [-0.05, 0) is 46.9 Å². The van der Waals surface area contributed by atoms with E-state index >= 15 is 0 Å². The number of carbonyl (C=O) groups is 3. The topological polar surface area (TPSA) is 105 Å². The Labute approximate surface area is 206 Å². The maximum atomic E-state index is 12.8. The van der Waals surface area contributed by atoms with Gasteiger partial charge < -0.3 is 20.5 Å². The van der Waals surface area contributed by atoms with Crippen LogP contribution in [0.1, 0.15) is 63.5 Å². The first-order chi connectivity index (χ1) is 16.6. The summed E-state index contributed by atoms with van der Waals surface area (Å²) in [6, 6.07) is 15.2. The van der Waals surface area contributed by atoms with Crippen LogP contribution >= 0.6 is 0 Å². The molecule has 1 saturated carbocycles. The van der Waals surface area contributed by atoms with E-state index in [1.165, 1.54) is 11.1 Å². The quantitative estimate of drug-likeness (QED) is 0.558. The SMILES string of the molecule is CC(C)(C)C(NC(=O)[C@@H]1CCC[C@H](NC(=O)OCC2c3ccccc3-c3ccccc32)C1)C(=O)O. The minimum absolute atomic E-state index is 0.0108. The van der Waals surface area contributed by atoms with Crippen molar-refractivity contribution in [3.63, 3.8) is 0 Å². The molecule has 2 aliphatic carbocycles. The zero-order valence-corrected chi connectivity index (χ0v) is 20.5. The lowest BCUT2D eigenvalue weighted by Gasteiger charge is -2.32. The van der Waals surface area contributed by atoms with E-state index in [0.29, 0.717) is 12.8 Å². The largest absolute Gasteiger partial charge is 0.480 e. The van der Waals surface area contributed by atoms with Crippen molar-refractivity contribution < 1.29 is 24.2 Å². The number of amides is 2. The number of nitrogens with one attached hydrogen (secondary N) is 2. The summed E-state index contributed by atoms with van der Waals surface area (Å²) in [7, 11) is 0. The first kappa shape index (κ1) is 24.8. The van der Waals surface area contributed by atoms with Crippen LogP contribution in [0.4, 0.5) is 4.79 Å². The third-order valence-electron chi connectivity index (χ3n) is 7.11. The average Bonchev–Trinajstić information content (AvgIpc) is 3.14. The van der Waals surface area contributed by atoms with Crippen LogP contribution in [-0.4, -0.2) is 41.8 Å². The Morgan fingerprint density at radius 3 is 2.17 bits per heavy atom. The van der Waals surface area contributed by atoms with Crippen molar-refractivity contribution in [1.29, 1.82) is 0 Å². The molecular formula is C28H34N2O5. The molecule has 35 heavy (non-hydrogen) atoms. The zero-order valence-electron chi connectivity index (χ0n) is 20.5. The first-order valence-electron chi connectivity index (χ1n) is 12.3. The van der Waals surface area contributed by atoms with Gasteiger partial charge in [0.2, 0.25) is 5.91 Å². The van der Waals surface area contributed by atoms with E-state index < -0.39 is 23.5 Å². The minimum Gasteiger partial charge on any atom is -0.480 e. The summed E-state index contributed by atoms with van der Waals surface area (Å²) in [6.07, 6.45) is 2.18. The first-order valence-corrected chi connectivity index (χ1v) is 12.3. The van der Waals surface area contributed by atoms with Crippen LogP contribution in [0.15, 0.2) is 48.5 Å². The van der Waals surface area contributed by atoms with Crippen molar-refractivity contribution in [2.24, 2.45) is 11.3 Å². The van der Waals surface area contributed by atoms with E-state index in [4.69, 9.17) is 4.74 Å². The Kier molecular flexibility index (Phi) is 7.15. The second kappa shape index (κ2) is 10.1. The molecule has 0 saturated heterocycles. The molecule has 0 heterocycles. The van der Waals surface area contributed by atoms with Crippen LogP contribution in [0.3, 0.4) is 0 Å². The van der Waals surface area contributed by atoms with Crippen molar-refractivity contribution in [2.75, 3.05) is 6.61 Å². The van der Waals surface area contributed by atoms with E-state index in [1.807, 2.05) is 24.3 Å². The second-order valence-electron chi connectivity index (χ2n) is 10.7. The van der Waals surface area contributed by atoms with Gasteiger partial charge in [-0.25, -0.2) is 9.59 Å². The van der Waals surface area contributed by atoms with Crippen molar-refractivity contribution in [2.45, 2.75) is 64.5 Å². The molecule has 3 N–H and O–H groups in total. The molecule has 0 aromatic heterocycles. The normalized spacial score (nSPS) is 20.3. The number of ether oxygens (including phenoxy) is 1. The average molecular weight is 479 g/mol. The summed E-state index contributed by atoms with van der Waals surface area (Å²) in [5.74, 6) is -1.67. The number of aliphatic carboxylic acids is 1. The van der Waals surface area contributed by atoms with Crippen molar-refractivity contribution >= 4 is 18.0 Å². The van der Waals surface area contributed by atoms with Gasteiger partial charge in [-0.2, -0.15) is 0 Å². The van der Waals surface area contributed by atoms with Gasteiger partial charge in [0.25, 0.3) is 0 Å². The third-order valence-corrected chi connectivity index (χ3v) is 7.11. The molecule has 7 heteroatoms. The number of rotatable bonds is 6. The minimum atomic E-state index is -1.05. The molecule has 7 nitrogen and oxygen atoms in total. The number of hydrogen-bond acceptors (Lipinski definition) is 4. The molecular weight excluding hydrogens is 444 g/mol. The van der Waals surface area contributed by atoms with E-state index in [0.717, 1.165) is 24.0 Å². The molecule has 0 aliphatic heterocycles. The fraction of sp³-hybridized carbons (Fsp3) is 0.464. The predicted octanol–water partition coefficient (Wildman–Crippen LogP) is 4.70. The molecule has 2 aromatic rings. The molecule has 2 aliphatic rings. The highest BCUT2D eigenvalue weighted by molar-refractivity contribution is 5.85. The summed E-state index contributed by atoms with van der Waals surface area (Å²) in [6.45, 7) is 5.60. The van der Waals surface area contributed by atoms with Gasteiger partial charge in [-0.3, -0.25) is 4.79 Å². The third kappa shape index (κ3) is 5.50. The molecule has 1 fully saturated rings. The fourth-order valence-corrected chi connectivity index (χ4v) is 5.27. The molecule has 0 spiro atoms. The summed E-state index contributed by atoms with van der Waals surface area (Å²) < 4.78 is 5.65. The Morgan fingerprint density at radius 2 is 1.60 bits per heavy atom. The highest BCUT2D eigenvalue weighted by Gasteiger charge is 2.36. The lowest BCUT2D eigenvalue weighted by molar-refractivity contribution is -0.145. The Bertz CT molecular complexity index is 1060. The summed E-state index contributed by atoms with van der Waals surface area (Å²) in [4.78, 5) is 37.1. The molecule has 2 aromatic carbocycles. The number of benzene rings is 2. The van der Waals surface area contributed by atoms with Gasteiger partial charge in [0.05, 0.1) is 0 Å². The Balaban J connectivity index is 1.33. The number of fused-ring (bicyclic) bond motifs is 3. The van der Waals surface area contributed by atoms with Gasteiger partial charge in [-0.15, -0.1) is 0 Å². The smallest absolute Gasteiger partial charge is 0.407 e. The molecule has 186 valence electrons. The second-order valence-corrected chi connectivity index (χ2v) is 10.7. The lowest BCUT2D eigenvalue weighted by atomic mass is 9.83.